The van der Waals surface area contributed by atoms with Crippen molar-refractivity contribution in [1.29, 1.82) is 0 Å². The minimum atomic E-state index is -3.38. The largest absolute Gasteiger partial charge is 0.462 e. The zero-order valence-electron chi connectivity index (χ0n) is 14.6. The van der Waals surface area contributed by atoms with Crippen molar-refractivity contribution in [2.75, 3.05) is 12.9 Å². The Labute approximate surface area is 154 Å². The molecule has 0 amide bonds. The summed E-state index contributed by atoms with van der Waals surface area (Å²) in [6.45, 7) is 0.334. The van der Waals surface area contributed by atoms with Gasteiger partial charge >= 0.3 is 5.97 Å². The van der Waals surface area contributed by atoms with Gasteiger partial charge in [0.15, 0.2) is 0 Å². The van der Waals surface area contributed by atoms with Crippen LogP contribution >= 0.6 is 0 Å². The smallest absolute Gasteiger partial charge is 0.338 e. The van der Waals surface area contributed by atoms with Crippen molar-refractivity contribution < 1.29 is 22.1 Å². The fourth-order valence-corrected chi connectivity index (χ4v) is 3.69. The Morgan fingerprint density at radius 3 is 2.31 bits per heavy atom. The van der Waals surface area contributed by atoms with Crippen LogP contribution in [-0.2, 0) is 25.5 Å². The van der Waals surface area contributed by atoms with Gasteiger partial charge in [-0.15, -0.1) is 0 Å². The van der Waals surface area contributed by atoms with Crippen LogP contribution in [0.2, 0.25) is 0 Å². The highest BCUT2D eigenvalue weighted by Gasteiger charge is 2.33. The number of rotatable bonds is 7. The number of carbonyl (C=O) groups is 1. The van der Waals surface area contributed by atoms with Gasteiger partial charge in [-0.3, -0.25) is 4.18 Å². The highest BCUT2D eigenvalue weighted by atomic mass is 32.2. The first-order chi connectivity index (χ1) is 12.4. The van der Waals surface area contributed by atoms with Crippen LogP contribution in [-0.4, -0.2) is 33.4 Å². The van der Waals surface area contributed by atoms with Crippen molar-refractivity contribution in [1.82, 2.24) is 0 Å². The average Bonchev–Trinajstić information content (AvgIpc) is 2.58. The average molecular weight is 374 g/mol. The topological polar surface area (TPSA) is 69.7 Å². The third-order valence-corrected chi connectivity index (χ3v) is 5.11. The van der Waals surface area contributed by atoms with E-state index >= 15 is 0 Å². The van der Waals surface area contributed by atoms with E-state index in [4.69, 9.17) is 8.92 Å². The summed E-state index contributed by atoms with van der Waals surface area (Å²) < 4.78 is 32.5. The molecule has 0 aliphatic heterocycles. The first-order valence-electron chi connectivity index (χ1n) is 8.60. The highest BCUT2D eigenvalue weighted by molar-refractivity contribution is 7.86. The van der Waals surface area contributed by atoms with Crippen molar-refractivity contribution >= 4 is 16.1 Å². The molecule has 1 aliphatic carbocycles. The Morgan fingerprint density at radius 1 is 1.04 bits per heavy atom. The molecule has 0 heterocycles. The van der Waals surface area contributed by atoms with Crippen LogP contribution in [0.3, 0.4) is 0 Å². The lowest BCUT2D eigenvalue weighted by molar-refractivity contribution is 0.0509. The minimum absolute atomic E-state index is 0.202. The summed E-state index contributed by atoms with van der Waals surface area (Å²) in [4.78, 5) is 11.9. The molecule has 0 aromatic heterocycles. The molecule has 2 aromatic rings. The van der Waals surface area contributed by atoms with E-state index in [1.807, 2.05) is 18.2 Å². The van der Waals surface area contributed by atoms with E-state index in [0.717, 1.165) is 24.7 Å². The molecular formula is C20H22O5S. The van der Waals surface area contributed by atoms with E-state index in [1.54, 1.807) is 24.3 Å². The van der Waals surface area contributed by atoms with Crippen molar-refractivity contribution in [3.63, 3.8) is 0 Å². The second-order valence-corrected chi connectivity index (χ2v) is 8.18. The molecule has 26 heavy (non-hydrogen) atoms. The molecule has 0 radical (unpaired) electrons. The SMILES string of the molecule is CS(=O)(=O)OC1CC(c2ccc(CCOC(=O)c3ccccc3)cc2)C1. The van der Waals surface area contributed by atoms with Gasteiger partial charge in [-0.05, 0) is 42.0 Å². The van der Waals surface area contributed by atoms with Crippen LogP contribution < -0.4 is 0 Å². The molecule has 1 fully saturated rings. The van der Waals surface area contributed by atoms with Crippen LogP contribution in [0.1, 0.15) is 40.2 Å². The third kappa shape index (κ3) is 5.16. The summed E-state index contributed by atoms with van der Waals surface area (Å²) in [5.74, 6) is 0.0281. The molecule has 3 rings (SSSR count). The number of hydrogen-bond acceptors (Lipinski definition) is 5. The zero-order valence-corrected chi connectivity index (χ0v) is 15.4. The Morgan fingerprint density at radius 2 is 1.69 bits per heavy atom. The van der Waals surface area contributed by atoms with Crippen LogP contribution in [0.15, 0.2) is 54.6 Å². The van der Waals surface area contributed by atoms with E-state index in [1.165, 1.54) is 5.56 Å². The van der Waals surface area contributed by atoms with E-state index in [0.29, 0.717) is 24.5 Å². The Kier molecular flexibility index (Phi) is 5.74. The maximum absolute atomic E-state index is 11.9. The molecule has 0 unspecified atom stereocenters. The van der Waals surface area contributed by atoms with E-state index in [2.05, 4.69) is 12.1 Å². The summed E-state index contributed by atoms with van der Waals surface area (Å²) in [7, 11) is -3.38. The predicted octanol–water partition coefficient (Wildman–Crippen LogP) is 3.31. The van der Waals surface area contributed by atoms with Gasteiger partial charge in [-0.2, -0.15) is 8.42 Å². The molecule has 0 N–H and O–H groups in total. The lowest BCUT2D eigenvalue weighted by atomic mass is 9.77. The van der Waals surface area contributed by atoms with Gasteiger partial charge in [0.1, 0.15) is 0 Å². The molecule has 0 saturated heterocycles. The third-order valence-electron chi connectivity index (χ3n) is 4.49. The van der Waals surface area contributed by atoms with E-state index in [9.17, 15) is 13.2 Å². The molecule has 0 bridgehead atoms. The second-order valence-electron chi connectivity index (χ2n) is 6.58. The van der Waals surface area contributed by atoms with Crippen molar-refractivity contribution in [3.8, 4) is 0 Å². The van der Waals surface area contributed by atoms with Gasteiger partial charge in [0.2, 0.25) is 0 Å². The fraction of sp³-hybridized carbons (Fsp3) is 0.350. The lowest BCUT2D eigenvalue weighted by Gasteiger charge is -2.34. The molecular weight excluding hydrogens is 352 g/mol. The fourth-order valence-electron chi connectivity index (χ4n) is 3.04. The van der Waals surface area contributed by atoms with Gasteiger partial charge in [0.25, 0.3) is 10.1 Å². The molecule has 1 saturated carbocycles. The van der Waals surface area contributed by atoms with Gasteiger partial charge < -0.3 is 4.74 Å². The van der Waals surface area contributed by atoms with Crippen LogP contribution in [0.5, 0.6) is 0 Å². The summed E-state index contributed by atoms with van der Waals surface area (Å²) >= 11 is 0. The predicted molar refractivity (Wildman–Crippen MR) is 98.6 cm³/mol. The first-order valence-corrected chi connectivity index (χ1v) is 10.4. The number of esters is 1. The molecule has 1 aliphatic rings. The van der Waals surface area contributed by atoms with E-state index in [-0.39, 0.29) is 12.1 Å². The second kappa shape index (κ2) is 8.01. The molecule has 5 nitrogen and oxygen atoms in total. The maximum atomic E-state index is 11.9. The lowest BCUT2D eigenvalue weighted by Crippen LogP contribution is -2.31. The quantitative estimate of drug-likeness (QED) is 0.549. The van der Waals surface area contributed by atoms with Gasteiger partial charge in [-0.1, -0.05) is 42.5 Å². The minimum Gasteiger partial charge on any atom is -0.462 e. The summed E-state index contributed by atoms with van der Waals surface area (Å²) in [5.41, 5.74) is 2.83. The normalized spacial score (nSPS) is 19.6. The monoisotopic (exact) mass is 374 g/mol. The highest BCUT2D eigenvalue weighted by Crippen LogP contribution is 2.39. The molecule has 138 valence electrons. The molecule has 6 heteroatoms. The van der Waals surface area contributed by atoms with Gasteiger partial charge in [0, 0.05) is 6.42 Å². The van der Waals surface area contributed by atoms with E-state index < -0.39 is 10.1 Å². The van der Waals surface area contributed by atoms with Crippen molar-refractivity contribution in [2.24, 2.45) is 0 Å². The summed E-state index contributed by atoms with van der Waals surface area (Å²) in [5, 5.41) is 0. The summed E-state index contributed by atoms with van der Waals surface area (Å²) in [6.07, 6.45) is 2.98. The molecule has 0 atom stereocenters. The van der Waals surface area contributed by atoms with Crippen molar-refractivity contribution in [2.45, 2.75) is 31.3 Å². The number of carbonyl (C=O) groups excluding carboxylic acids is 1. The molecule has 0 spiro atoms. The Hall–Kier alpha value is -2.18. The van der Waals surface area contributed by atoms with Crippen LogP contribution in [0.25, 0.3) is 0 Å². The van der Waals surface area contributed by atoms with Crippen LogP contribution in [0.4, 0.5) is 0 Å². The molecule has 2 aromatic carbocycles. The first kappa shape index (κ1) is 18.6. The Bertz CT molecular complexity index is 838. The standard InChI is InChI=1S/C20H22O5S/c1-26(22,23)25-19-13-18(14-19)16-9-7-15(8-10-16)11-12-24-20(21)17-5-3-2-4-6-17/h2-10,18-19H,11-14H2,1H3. The number of benzene rings is 2. The Balaban J connectivity index is 1.43. The van der Waals surface area contributed by atoms with Crippen LogP contribution in [0, 0.1) is 0 Å². The van der Waals surface area contributed by atoms with Crippen molar-refractivity contribution in [3.05, 3.63) is 71.3 Å². The van der Waals surface area contributed by atoms with Gasteiger partial charge in [0.05, 0.1) is 24.5 Å². The summed E-state index contributed by atoms with van der Waals surface area (Å²) in [6, 6.07) is 17.1. The maximum Gasteiger partial charge on any atom is 0.338 e. The van der Waals surface area contributed by atoms with Gasteiger partial charge in [-0.25, -0.2) is 4.79 Å². The number of hydrogen-bond donors (Lipinski definition) is 0. The zero-order chi connectivity index (χ0) is 18.6. The number of ether oxygens (including phenoxy) is 1.